The number of hydrogen-bond donors (Lipinski definition) is 3. The number of benzene rings is 1. The number of carbonyl (C=O) groups is 1. The van der Waals surface area contributed by atoms with Crippen LogP contribution >= 0.6 is 0 Å². The summed E-state index contributed by atoms with van der Waals surface area (Å²) in [6, 6.07) is 11.5. The second kappa shape index (κ2) is 6.93. The van der Waals surface area contributed by atoms with Gasteiger partial charge in [0, 0.05) is 24.7 Å². The van der Waals surface area contributed by atoms with Crippen molar-refractivity contribution in [2.45, 2.75) is 24.9 Å². The van der Waals surface area contributed by atoms with Crippen LogP contribution in [0, 0.1) is 0 Å². The second-order valence-corrected chi connectivity index (χ2v) is 6.10. The van der Waals surface area contributed by atoms with Gasteiger partial charge < -0.3 is 10.8 Å². The average molecular weight is 314 g/mol. The fourth-order valence-corrected chi connectivity index (χ4v) is 3.17. The molecule has 0 unspecified atom stereocenters. The molecule has 1 saturated heterocycles. The van der Waals surface area contributed by atoms with Crippen LogP contribution in [0.3, 0.4) is 0 Å². The number of rotatable bonds is 5. The number of aromatic nitrogens is 2. The SMILES string of the molecule is NC(=O)c1cc([C@@H]2CCCN(C[C@H](O)c3ccccc3)C2)[nH]n1. The number of hydrogen-bond acceptors (Lipinski definition) is 4. The van der Waals surface area contributed by atoms with Gasteiger partial charge in [0.2, 0.25) is 0 Å². The maximum Gasteiger partial charge on any atom is 0.269 e. The third kappa shape index (κ3) is 3.78. The van der Waals surface area contributed by atoms with Gasteiger partial charge in [0.05, 0.1) is 6.10 Å². The van der Waals surface area contributed by atoms with Gasteiger partial charge >= 0.3 is 0 Å². The van der Waals surface area contributed by atoms with E-state index in [1.54, 1.807) is 6.07 Å². The molecule has 0 spiro atoms. The molecule has 1 aromatic carbocycles. The number of nitrogens with zero attached hydrogens (tertiary/aromatic N) is 2. The minimum Gasteiger partial charge on any atom is -0.387 e. The maximum atomic E-state index is 11.2. The van der Waals surface area contributed by atoms with E-state index < -0.39 is 12.0 Å². The molecule has 3 rings (SSSR count). The number of piperidine rings is 1. The summed E-state index contributed by atoms with van der Waals surface area (Å²) in [4.78, 5) is 13.4. The van der Waals surface area contributed by atoms with Gasteiger partial charge in [0.1, 0.15) is 5.69 Å². The van der Waals surface area contributed by atoms with Crippen LogP contribution in [0.5, 0.6) is 0 Å². The molecule has 1 aliphatic rings. The van der Waals surface area contributed by atoms with E-state index in [2.05, 4.69) is 15.1 Å². The minimum atomic E-state index is -0.514. The second-order valence-electron chi connectivity index (χ2n) is 6.10. The lowest BCUT2D eigenvalue weighted by Crippen LogP contribution is -2.37. The van der Waals surface area contributed by atoms with Crippen LogP contribution in [-0.4, -0.2) is 45.7 Å². The summed E-state index contributed by atoms with van der Waals surface area (Å²) in [5.74, 6) is -0.230. The zero-order chi connectivity index (χ0) is 16.2. The molecule has 23 heavy (non-hydrogen) atoms. The van der Waals surface area contributed by atoms with Gasteiger partial charge in [0.25, 0.3) is 5.91 Å². The predicted molar refractivity (Wildman–Crippen MR) is 86.9 cm³/mol. The number of aliphatic hydroxyl groups excluding tert-OH is 1. The van der Waals surface area contributed by atoms with E-state index in [9.17, 15) is 9.90 Å². The Bertz CT molecular complexity index is 656. The standard InChI is InChI=1S/C17H22N4O2/c18-17(23)15-9-14(19-20-15)13-7-4-8-21(10-13)11-16(22)12-5-2-1-3-6-12/h1-3,5-6,9,13,16,22H,4,7-8,10-11H2,(H2,18,23)(H,19,20)/t13-,16+/m1/s1. The number of aromatic amines is 1. The number of β-amino-alcohol motifs (C(OH)–C–C–N with tert-alkyl or cyclic N) is 1. The zero-order valence-electron chi connectivity index (χ0n) is 13.0. The Balaban J connectivity index is 1.62. The van der Waals surface area contributed by atoms with Crippen LogP contribution in [0.15, 0.2) is 36.4 Å². The van der Waals surface area contributed by atoms with E-state index in [1.165, 1.54) is 0 Å². The summed E-state index contributed by atoms with van der Waals surface area (Å²) in [5, 5.41) is 17.3. The molecular formula is C17H22N4O2. The highest BCUT2D eigenvalue weighted by Crippen LogP contribution is 2.27. The fourth-order valence-electron chi connectivity index (χ4n) is 3.17. The topological polar surface area (TPSA) is 95.2 Å². The van der Waals surface area contributed by atoms with Crippen molar-refractivity contribution in [3.05, 3.63) is 53.3 Å². The number of likely N-dealkylation sites (tertiary alicyclic amines) is 1. The molecular weight excluding hydrogens is 292 g/mol. The highest BCUT2D eigenvalue weighted by Gasteiger charge is 2.25. The lowest BCUT2D eigenvalue weighted by Gasteiger charge is -2.33. The smallest absolute Gasteiger partial charge is 0.269 e. The third-order valence-corrected chi connectivity index (χ3v) is 4.41. The Kier molecular flexibility index (Phi) is 4.73. The number of carbonyl (C=O) groups excluding carboxylic acids is 1. The van der Waals surface area contributed by atoms with Gasteiger partial charge in [0.15, 0.2) is 0 Å². The molecule has 4 N–H and O–H groups in total. The third-order valence-electron chi connectivity index (χ3n) is 4.41. The monoisotopic (exact) mass is 314 g/mol. The van der Waals surface area contributed by atoms with E-state index in [4.69, 9.17) is 5.73 Å². The van der Waals surface area contributed by atoms with Crippen molar-refractivity contribution in [1.82, 2.24) is 15.1 Å². The Morgan fingerprint density at radius 1 is 1.43 bits per heavy atom. The van der Waals surface area contributed by atoms with Crippen LogP contribution < -0.4 is 5.73 Å². The minimum absolute atomic E-state index is 0.279. The number of amides is 1. The van der Waals surface area contributed by atoms with Crippen molar-refractivity contribution in [3.8, 4) is 0 Å². The summed E-state index contributed by atoms with van der Waals surface area (Å²) in [6.07, 6.45) is 1.60. The molecule has 1 fully saturated rings. The van der Waals surface area contributed by atoms with E-state index in [0.717, 1.165) is 37.2 Å². The number of nitrogens with two attached hydrogens (primary N) is 1. The number of H-pyrrole nitrogens is 1. The normalized spacial score (nSPS) is 20.3. The largest absolute Gasteiger partial charge is 0.387 e. The number of aliphatic hydroxyl groups is 1. The molecule has 0 saturated carbocycles. The summed E-state index contributed by atoms with van der Waals surface area (Å²) >= 11 is 0. The van der Waals surface area contributed by atoms with E-state index in [1.807, 2.05) is 30.3 Å². The molecule has 0 radical (unpaired) electrons. The molecule has 2 aromatic rings. The first-order valence-corrected chi connectivity index (χ1v) is 7.94. The van der Waals surface area contributed by atoms with Gasteiger partial charge in [-0.1, -0.05) is 30.3 Å². The summed E-state index contributed by atoms with van der Waals surface area (Å²) in [7, 11) is 0. The summed E-state index contributed by atoms with van der Waals surface area (Å²) in [6.45, 7) is 2.42. The first-order chi connectivity index (χ1) is 11.1. The number of primary amides is 1. The molecule has 1 aromatic heterocycles. The Hall–Kier alpha value is -2.18. The van der Waals surface area contributed by atoms with Gasteiger partial charge in [-0.3, -0.25) is 14.8 Å². The highest BCUT2D eigenvalue weighted by atomic mass is 16.3. The molecule has 6 heteroatoms. The van der Waals surface area contributed by atoms with E-state index in [0.29, 0.717) is 6.54 Å². The van der Waals surface area contributed by atoms with E-state index in [-0.39, 0.29) is 11.6 Å². The van der Waals surface area contributed by atoms with Crippen molar-refractivity contribution in [3.63, 3.8) is 0 Å². The van der Waals surface area contributed by atoms with Crippen molar-refractivity contribution >= 4 is 5.91 Å². The summed E-state index contributed by atoms with van der Waals surface area (Å²) in [5.41, 5.74) is 7.41. The van der Waals surface area contributed by atoms with E-state index >= 15 is 0 Å². The van der Waals surface area contributed by atoms with Gasteiger partial charge in [-0.15, -0.1) is 0 Å². The highest BCUT2D eigenvalue weighted by molar-refractivity contribution is 5.90. The van der Waals surface area contributed by atoms with Crippen molar-refractivity contribution in [1.29, 1.82) is 0 Å². The average Bonchev–Trinajstić information content (AvgIpc) is 3.06. The van der Waals surface area contributed by atoms with Crippen LogP contribution in [0.4, 0.5) is 0 Å². The summed E-state index contributed by atoms with van der Waals surface area (Å²) < 4.78 is 0. The quantitative estimate of drug-likeness (QED) is 0.778. The predicted octanol–water partition coefficient (Wildman–Crippen LogP) is 1.42. The molecule has 122 valence electrons. The van der Waals surface area contributed by atoms with Crippen LogP contribution in [0.25, 0.3) is 0 Å². The first-order valence-electron chi connectivity index (χ1n) is 7.94. The molecule has 2 heterocycles. The Morgan fingerprint density at radius 3 is 2.91 bits per heavy atom. The van der Waals surface area contributed by atoms with Crippen LogP contribution in [-0.2, 0) is 0 Å². The lowest BCUT2D eigenvalue weighted by atomic mass is 9.94. The van der Waals surface area contributed by atoms with Crippen molar-refractivity contribution in [2.75, 3.05) is 19.6 Å². The molecule has 1 aliphatic heterocycles. The molecule has 0 aliphatic carbocycles. The molecule has 6 nitrogen and oxygen atoms in total. The fraction of sp³-hybridized carbons (Fsp3) is 0.412. The Morgan fingerprint density at radius 2 is 2.22 bits per heavy atom. The van der Waals surface area contributed by atoms with Crippen LogP contribution in [0.2, 0.25) is 0 Å². The van der Waals surface area contributed by atoms with Gasteiger partial charge in [-0.25, -0.2) is 0 Å². The van der Waals surface area contributed by atoms with Crippen LogP contribution in [0.1, 0.15) is 46.6 Å². The van der Waals surface area contributed by atoms with Crippen molar-refractivity contribution in [2.24, 2.45) is 5.73 Å². The lowest BCUT2D eigenvalue weighted by molar-refractivity contribution is 0.0950. The zero-order valence-corrected chi connectivity index (χ0v) is 13.0. The molecule has 1 amide bonds. The molecule has 0 bridgehead atoms. The van der Waals surface area contributed by atoms with Gasteiger partial charge in [-0.2, -0.15) is 5.10 Å². The Labute approximate surface area is 135 Å². The first kappa shape index (κ1) is 15.7. The number of nitrogens with one attached hydrogen (secondary N) is 1. The van der Waals surface area contributed by atoms with Gasteiger partial charge in [-0.05, 0) is 31.0 Å². The van der Waals surface area contributed by atoms with Crippen molar-refractivity contribution < 1.29 is 9.90 Å². The molecule has 2 atom stereocenters. The maximum absolute atomic E-state index is 11.2.